The van der Waals surface area contributed by atoms with E-state index in [0.29, 0.717) is 42.8 Å². The van der Waals surface area contributed by atoms with E-state index >= 15 is 0 Å². The molecule has 0 atom stereocenters. The molecule has 7 nitrogen and oxygen atoms in total. The molecule has 154 valence electrons. The van der Waals surface area contributed by atoms with Crippen molar-refractivity contribution in [2.45, 2.75) is 51.7 Å². The van der Waals surface area contributed by atoms with Crippen LogP contribution >= 0.6 is 11.6 Å². The smallest absolute Gasteiger partial charge is 0.316 e. The number of benzene rings is 1. The summed E-state index contributed by atoms with van der Waals surface area (Å²) in [6, 6.07) is 4.23. The number of carbonyl (C=O) groups excluding carboxylic acids is 1. The highest BCUT2D eigenvalue weighted by molar-refractivity contribution is 6.31. The van der Waals surface area contributed by atoms with Crippen molar-refractivity contribution in [3.05, 3.63) is 23.2 Å². The van der Waals surface area contributed by atoms with E-state index in [-0.39, 0.29) is 11.2 Å². The van der Waals surface area contributed by atoms with Crippen molar-refractivity contribution in [2.24, 2.45) is 11.5 Å². The number of amides is 2. The van der Waals surface area contributed by atoms with Gasteiger partial charge in [0.2, 0.25) is 0 Å². The first-order chi connectivity index (χ1) is 12.5. The predicted octanol–water partition coefficient (Wildman–Crippen LogP) is 3.54. The summed E-state index contributed by atoms with van der Waals surface area (Å²) in [6.07, 6.45) is 1.57. The zero-order valence-electron chi connectivity index (χ0n) is 16.6. The van der Waals surface area contributed by atoms with Crippen LogP contribution in [0.5, 0.6) is 5.75 Å². The molecule has 0 aliphatic heterocycles. The Morgan fingerprint density at radius 2 is 1.67 bits per heavy atom. The van der Waals surface area contributed by atoms with Crippen LogP contribution in [0.3, 0.4) is 0 Å². The van der Waals surface area contributed by atoms with E-state index in [0.717, 1.165) is 12.8 Å². The molecule has 1 aromatic rings. The highest BCUT2D eigenvalue weighted by Gasteiger charge is 2.22. The molecule has 0 saturated carbocycles. The molecule has 2 amide bonds. The largest absolute Gasteiger partial charge is 0.491 e. The number of anilines is 1. The van der Waals surface area contributed by atoms with E-state index in [1.54, 1.807) is 18.2 Å². The second-order valence-electron chi connectivity index (χ2n) is 7.52. The molecule has 5 N–H and O–H groups in total. The van der Waals surface area contributed by atoms with Crippen molar-refractivity contribution in [2.75, 3.05) is 31.7 Å². The summed E-state index contributed by atoms with van der Waals surface area (Å²) in [4.78, 5) is 10.9. The fourth-order valence-corrected chi connectivity index (χ4v) is 2.63. The van der Waals surface area contributed by atoms with Gasteiger partial charge in [0.25, 0.3) is 0 Å². The lowest BCUT2D eigenvalue weighted by Gasteiger charge is -2.29. The van der Waals surface area contributed by atoms with Gasteiger partial charge in [-0.05, 0) is 59.2 Å². The standard InChI is InChI=1S/C19H32ClN3O4/c1-18(2,5-7-21)26-8-6-19(3,4)27-10-9-25-16-12-14(20)11-15(13-16)23-17(22)24/h11-13H,5-10,21H2,1-4H3,(H3,22,23,24). The van der Waals surface area contributed by atoms with Gasteiger partial charge in [0.05, 0.1) is 24.4 Å². The fourth-order valence-electron chi connectivity index (χ4n) is 2.40. The Labute approximate surface area is 166 Å². The van der Waals surface area contributed by atoms with E-state index in [2.05, 4.69) is 5.32 Å². The number of ether oxygens (including phenoxy) is 3. The van der Waals surface area contributed by atoms with Crippen LogP contribution in [0.1, 0.15) is 40.5 Å². The number of hydrogen-bond acceptors (Lipinski definition) is 5. The molecule has 8 heteroatoms. The van der Waals surface area contributed by atoms with Crippen molar-refractivity contribution in [3.63, 3.8) is 0 Å². The molecule has 0 heterocycles. The number of nitrogens with one attached hydrogen (secondary N) is 1. The lowest BCUT2D eigenvalue weighted by molar-refractivity contribution is -0.0778. The maximum Gasteiger partial charge on any atom is 0.316 e. The van der Waals surface area contributed by atoms with Gasteiger partial charge in [-0.1, -0.05) is 11.6 Å². The number of nitrogens with two attached hydrogens (primary N) is 2. The molecule has 1 aromatic carbocycles. The topological polar surface area (TPSA) is 109 Å². The van der Waals surface area contributed by atoms with Crippen molar-refractivity contribution < 1.29 is 19.0 Å². The summed E-state index contributed by atoms with van der Waals surface area (Å²) >= 11 is 6.01. The third-order valence-electron chi connectivity index (χ3n) is 3.93. The van der Waals surface area contributed by atoms with E-state index in [4.69, 9.17) is 37.3 Å². The van der Waals surface area contributed by atoms with Crippen LogP contribution in [-0.2, 0) is 9.47 Å². The quantitative estimate of drug-likeness (QED) is 0.464. The molecule has 0 aromatic heterocycles. The van der Waals surface area contributed by atoms with Gasteiger partial charge in [-0.2, -0.15) is 0 Å². The predicted molar refractivity (Wildman–Crippen MR) is 109 cm³/mol. The van der Waals surface area contributed by atoms with Crippen molar-refractivity contribution >= 4 is 23.3 Å². The minimum atomic E-state index is -0.662. The SMILES string of the molecule is CC(C)(CCN)OCCC(C)(C)OCCOc1cc(Cl)cc(NC(N)=O)c1. The van der Waals surface area contributed by atoms with Crippen LogP contribution in [0.2, 0.25) is 5.02 Å². The van der Waals surface area contributed by atoms with Gasteiger partial charge in [-0.15, -0.1) is 0 Å². The summed E-state index contributed by atoms with van der Waals surface area (Å²) < 4.78 is 17.4. The first kappa shape index (κ1) is 23.5. The zero-order valence-corrected chi connectivity index (χ0v) is 17.4. The molecule has 0 radical (unpaired) electrons. The van der Waals surface area contributed by atoms with E-state index in [1.165, 1.54) is 0 Å². The van der Waals surface area contributed by atoms with Gasteiger partial charge in [0.15, 0.2) is 0 Å². The van der Waals surface area contributed by atoms with Crippen LogP contribution in [-0.4, -0.2) is 43.6 Å². The first-order valence-corrected chi connectivity index (χ1v) is 9.39. The van der Waals surface area contributed by atoms with Gasteiger partial charge in [-0.3, -0.25) is 0 Å². The maximum atomic E-state index is 10.9. The zero-order chi connectivity index (χ0) is 20.5. The van der Waals surface area contributed by atoms with Gasteiger partial charge < -0.3 is 31.0 Å². The monoisotopic (exact) mass is 401 g/mol. The first-order valence-electron chi connectivity index (χ1n) is 9.01. The molecule has 27 heavy (non-hydrogen) atoms. The van der Waals surface area contributed by atoms with Gasteiger partial charge in [-0.25, -0.2) is 4.79 Å². The summed E-state index contributed by atoms with van der Waals surface area (Å²) in [6.45, 7) is 10.0. The van der Waals surface area contributed by atoms with Crippen molar-refractivity contribution in [1.29, 1.82) is 0 Å². The second-order valence-corrected chi connectivity index (χ2v) is 7.95. The van der Waals surface area contributed by atoms with E-state index in [9.17, 15) is 4.79 Å². The normalized spacial score (nSPS) is 12.1. The molecular formula is C19H32ClN3O4. The summed E-state index contributed by atoms with van der Waals surface area (Å²) in [7, 11) is 0. The summed E-state index contributed by atoms with van der Waals surface area (Å²) in [5.41, 5.74) is 10.6. The lowest BCUT2D eigenvalue weighted by Crippen LogP contribution is -2.33. The molecule has 0 unspecified atom stereocenters. The number of carbonyl (C=O) groups is 1. The molecule has 0 saturated heterocycles. The van der Waals surface area contributed by atoms with Crippen LogP contribution < -0.4 is 21.5 Å². The van der Waals surface area contributed by atoms with Gasteiger partial charge in [0, 0.05) is 16.8 Å². The van der Waals surface area contributed by atoms with Crippen molar-refractivity contribution in [1.82, 2.24) is 0 Å². The number of hydrogen-bond donors (Lipinski definition) is 3. The number of halogens is 1. The maximum absolute atomic E-state index is 10.9. The summed E-state index contributed by atoms with van der Waals surface area (Å²) in [5, 5.41) is 2.91. The molecule has 0 aliphatic carbocycles. The van der Waals surface area contributed by atoms with Crippen LogP contribution in [0.4, 0.5) is 10.5 Å². The van der Waals surface area contributed by atoms with Crippen LogP contribution in [0.25, 0.3) is 0 Å². The second kappa shape index (κ2) is 10.7. The lowest BCUT2D eigenvalue weighted by atomic mass is 10.0. The van der Waals surface area contributed by atoms with Gasteiger partial charge in [0.1, 0.15) is 12.4 Å². The van der Waals surface area contributed by atoms with E-state index < -0.39 is 6.03 Å². The Bertz CT molecular complexity index is 609. The minimum absolute atomic E-state index is 0.225. The number of primary amides is 1. The highest BCUT2D eigenvalue weighted by Crippen LogP contribution is 2.24. The van der Waals surface area contributed by atoms with Gasteiger partial charge >= 0.3 is 6.03 Å². The third-order valence-corrected chi connectivity index (χ3v) is 4.15. The Balaban J connectivity index is 2.37. The fraction of sp³-hybridized carbons (Fsp3) is 0.632. The summed E-state index contributed by atoms with van der Waals surface area (Å²) in [5.74, 6) is 0.527. The van der Waals surface area contributed by atoms with E-state index in [1.807, 2.05) is 27.7 Å². The Morgan fingerprint density at radius 1 is 1.04 bits per heavy atom. The molecule has 0 spiro atoms. The molecular weight excluding hydrogens is 370 g/mol. The Hall–Kier alpha value is -1.54. The molecule has 1 rings (SSSR count). The Morgan fingerprint density at radius 3 is 2.30 bits per heavy atom. The number of urea groups is 1. The highest BCUT2D eigenvalue weighted by atomic mass is 35.5. The third kappa shape index (κ3) is 10.4. The average molecular weight is 402 g/mol. The minimum Gasteiger partial charge on any atom is -0.491 e. The van der Waals surface area contributed by atoms with Crippen LogP contribution in [0, 0.1) is 0 Å². The Kier molecular flexibility index (Phi) is 9.32. The molecule has 0 bridgehead atoms. The van der Waals surface area contributed by atoms with Crippen LogP contribution in [0.15, 0.2) is 18.2 Å². The van der Waals surface area contributed by atoms with Crippen molar-refractivity contribution in [3.8, 4) is 5.75 Å². The number of rotatable bonds is 12. The molecule has 0 fully saturated rings. The average Bonchev–Trinajstić information content (AvgIpc) is 2.50. The molecule has 0 aliphatic rings.